The zero-order valence-corrected chi connectivity index (χ0v) is 17.5. The molecule has 0 saturated carbocycles. The van der Waals surface area contributed by atoms with Crippen LogP contribution < -0.4 is 20.9 Å². The van der Waals surface area contributed by atoms with Crippen LogP contribution >= 0.6 is 0 Å². The van der Waals surface area contributed by atoms with Gasteiger partial charge < -0.3 is 9.64 Å². The lowest BCUT2D eigenvalue weighted by molar-refractivity contribution is 0.248. The maximum absolute atomic E-state index is 12.3. The number of benzene rings is 1. The maximum atomic E-state index is 12.3. The van der Waals surface area contributed by atoms with Crippen molar-refractivity contribution in [1.29, 1.82) is 0 Å². The highest BCUT2D eigenvalue weighted by atomic mass is 18.2. The lowest BCUT2D eigenvalue weighted by Gasteiger charge is -2.36. The molecule has 0 atom stereocenters. The Morgan fingerprint density at radius 2 is 1.77 bits per heavy atom. The third-order valence-corrected chi connectivity index (χ3v) is 5.35. The number of aromatic nitrogens is 3. The van der Waals surface area contributed by atoms with E-state index >= 15 is 0 Å². The van der Waals surface area contributed by atoms with Crippen molar-refractivity contribution in [2.45, 2.75) is 25.8 Å². The number of hydrogen-bond acceptors (Lipinski definition) is 6. The second kappa shape index (κ2) is 10.9. The molecule has 9 heteroatoms. The van der Waals surface area contributed by atoms with E-state index in [1.807, 2.05) is 18.2 Å². The Morgan fingerprint density at radius 3 is 2.53 bits per heavy atom. The quantitative estimate of drug-likeness (QED) is 0.542. The normalized spacial score (nSPS) is 14.8. The molecule has 8 nitrogen and oxygen atoms in total. The number of anilines is 1. The fraction of sp³-hybridized carbons (Fsp3) is 0.571. The average molecular weight is 419 g/mol. The zero-order valence-electron chi connectivity index (χ0n) is 17.5. The molecule has 0 unspecified atom stereocenters. The van der Waals surface area contributed by atoms with Crippen molar-refractivity contribution in [3.63, 3.8) is 0 Å². The molecule has 2 aromatic rings. The summed E-state index contributed by atoms with van der Waals surface area (Å²) >= 11 is 0. The molecule has 0 radical (unpaired) electrons. The fourth-order valence-corrected chi connectivity index (χ4v) is 3.56. The molecule has 0 N–H and O–H groups in total. The second-order valence-electron chi connectivity index (χ2n) is 7.44. The molecule has 1 aromatic heterocycles. The number of nitrogens with zero attached hydrogens (tertiary/aromatic N) is 5. The molecule has 1 aromatic carbocycles. The summed E-state index contributed by atoms with van der Waals surface area (Å²) in [5, 5.41) is 3.92. The molecular weight excluding hydrogens is 388 g/mol. The van der Waals surface area contributed by atoms with Crippen LogP contribution in [-0.2, 0) is 13.6 Å². The van der Waals surface area contributed by atoms with Gasteiger partial charge in [-0.05, 0) is 31.5 Å². The lowest BCUT2D eigenvalue weighted by atomic mass is 10.2. The van der Waals surface area contributed by atoms with Gasteiger partial charge in [0, 0.05) is 46.2 Å². The first-order valence-electron chi connectivity index (χ1n) is 10.5. The van der Waals surface area contributed by atoms with Crippen LogP contribution in [0.1, 0.15) is 19.3 Å². The number of piperazine rings is 1. The number of aryl methyl sites for hydroxylation is 1. The summed E-state index contributed by atoms with van der Waals surface area (Å²) in [5.74, 6) is 0.814. The summed E-state index contributed by atoms with van der Waals surface area (Å²) in [6.07, 6.45) is 3.37. The Kier molecular flexibility index (Phi) is 8.01. The highest BCUT2D eigenvalue weighted by Crippen LogP contribution is 2.29. The highest BCUT2D eigenvalue weighted by molar-refractivity contribution is 5.58. The van der Waals surface area contributed by atoms with Gasteiger partial charge in [-0.3, -0.25) is 18.7 Å². The van der Waals surface area contributed by atoms with E-state index in [9.17, 15) is 14.0 Å². The molecule has 3 rings (SSSR count). The van der Waals surface area contributed by atoms with Crippen LogP contribution in [0.3, 0.4) is 0 Å². The molecule has 1 aliphatic heterocycles. The zero-order chi connectivity index (χ0) is 21.3. The maximum Gasteiger partial charge on any atom is 0.347 e. The van der Waals surface area contributed by atoms with Crippen LogP contribution in [-0.4, -0.2) is 65.3 Å². The number of para-hydroxylation sites is 2. The van der Waals surface area contributed by atoms with Gasteiger partial charge in [0.15, 0.2) is 0 Å². The minimum Gasteiger partial charge on any atom is -0.491 e. The Morgan fingerprint density at radius 1 is 1.03 bits per heavy atom. The molecule has 0 bridgehead atoms. The van der Waals surface area contributed by atoms with Gasteiger partial charge in [-0.1, -0.05) is 12.1 Å². The molecule has 0 amide bonds. The monoisotopic (exact) mass is 418 g/mol. The molecule has 0 spiro atoms. The minimum atomic E-state index is -0.386. The van der Waals surface area contributed by atoms with E-state index in [1.165, 1.54) is 17.9 Å². The topological polar surface area (TPSA) is 72.6 Å². The van der Waals surface area contributed by atoms with Crippen LogP contribution in [0.25, 0.3) is 0 Å². The third-order valence-electron chi connectivity index (χ3n) is 5.35. The fourth-order valence-electron chi connectivity index (χ4n) is 3.56. The van der Waals surface area contributed by atoms with E-state index in [-0.39, 0.29) is 17.9 Å². The van der Waals surface area contributed by atoms with Crippen molar-refractivity contribution in [2.75, 3.05) is 50.9 Å². The Balaban J connectivity index is 1.43. The van der Waals surface area contributed by atoms with Crippen molar-refractivity contribution in [3.05, 3.63) is 51.3 Å². The largest absolute Gasteiger partial charge is 0.491 e. The molecule has 1 saturated heterocycles. The number of rotatable bonds is 10. The Bertz CT molecular complexity index is 921. The first kappa shape index (κ1) is 22.0. The molecule has 1 fully saturated rings. The van der Waals surface area contributed by atoms with Crippen LogP contribution in [0.5, 0.6) is 5.75 Å². The SMILES string of the molecule is Cn1c(=O)cnn(CCCCN2CCN(c3ccccc3OCCC[18F])CC2)c1=O. The van der Waals surface area contributed by atoms with Gasteiger partial charge >= 0.3 is 5.69 Å². The van der Waals surface area contributed by atoms with Crippen molar-refractivity contribution in [3.8, 4) is 5.75 Å². The van der Waals surface area contributed by atoms with Crippen molar-refractivity contribution >= 4 is 5.69 Å². The van der Waals surface area contributed by atoms with Gasteiger partial charge in [0.05, 0.1) is 19.0 Å². The van der Waals surface area contributed by atoms with E-state index in [1.54, 1.807) is 0 Å². The summed E-state index contributed by atoms with van der Waals surface area (Å²) in [6.45, 7) is 5.22. The summed E-state index contributed by atoms with van der Waals surface area (Å²) in [4.78, 5) is 28.1. The number of alkyl halides is 1. The third kappa shape index (κ3) is 5.69. The van der Waals surface area contributed by atoms with Crippen LogP contribution in [0.15, 0.2) is 40.1 Å². The average Bonchev–Trinajstić information content (AvgIpc) is 2.77. The first-order chi connectivity index (χ1) is 14.6. The molecule has 1 aliphatic rings. The predicted molar refractivity (Wildman–Crippen MR) is 114 cm³/mol. The smallest absolute Gasteiger partial charge is 0.347 e. The molecule has 30 heavy (non-hydrogen) atoms. The molecule has 2 heterocycles. The van der Waals surface area contributed by atoms with E-state index in [2.05, 4.69) is 21.0 Å². The predicted octanol–water partition coefficient (Wildman–Crippen LogP) is 1.28. The van der Waals surface area contributed by atoms with E-state index in [0.717, 1.165) is 61.6 Å². The summed E-state index contributed by atoms with van der Waals surface area (Å²) < 4.78 is 20.5. The summed E-state index contributed by atoms with van der Waals surface area (Å²) in [6, 6.07) is 7.93. The standard InChI is InChI=1S/C21H30FN5O3/c1-24-20(28)17-23-27(21(24)29)11-5-4-10-25-12-14-26(15-13-25)18-7-2-3-8-19(18)30-16-6-9-22/h2-3,7-8,17H,4-6,9-16H2,1H3/i22-1. The van der Waals surface area contributed by atoms with Gasteiger partial charge in [0.2, 0.25) is 0 Å². The van der Waals surface area contributed by atoms with E-state index in [0.29, 0.717) is 19.6 Å². The Labute approximate surface area is 175 Å². The van der Waals surface area contributed by atoms with E-state index in [4.69, 9.17) is 4.74 Å². The lowest BCUT2D eigenvalue weighted by Crippen LogP contribution is -2.46. The van der Waals surface area contributed by atoms with Gasteiger partial charge in [0.1, 0.15) is 11.9 Å². The summed E-state index contributed by atoms with van der Waals surface area (Å²) in [7, 11) is 1.46. The number of ether oxygens (including phenoxy) is 1. The molecule has 0 aliphatic carbocycles. The number of unbranched alkanes of at least 4 members (excludes halogenated alkanes) is 1. The van der Waals surface area contributed by atoms with Crippen LogP contribution in [0.4, 0.5) is 10.1 Å². The second-order valence-corrected chi connectivity index (χ2v) is 7.44. The van der Waals surface area contributed by atoms with Gasteiger partial charge in [-0.2, -0.15) is 5.10 Å². The van der Waals surface area contributed by atoms with E-state index < -0.39 is 0 Å². The number of halogens is 1. The van der Waals surface area contributed by atoms with Crippen molar-refractivity contribution in [1.82, 2.24) is 19.2 Å². The Hall–Kier alpha value is -2.68. The molecular formula is C21H30FN5O3. The van der Waals surface area contributed by atoms with Crippen LogP contribution in [0, 0.1) is 0 Å². The molecule has 164 valence electrons. The van der Waals surface area contributed by atoms with Crippen molar-refractivity contribution in [2.24, 2.45) is 7.05 Å². The minimum absolute atomic E-state index is 0.367. The highest BCUT2D eigenvalue weighted by Gasteiger charge is 2.19. The summed E-state index contributed by atoms with van der Waals surface area (Å²) in [5.41, 5.74) is 0.308. The van der Waals surface area contributed by atoms with Gasteiger partial charge in [-0.15, -0.1) is 0 Å². The van der Waals surface area contributed by atoms with Crippen LogP contribution in [0.2, 0.25) is 0 Å². The van der Waals surface area contributed by atoms with Gasteiger partial charge in [-0.25, -0.2) is 9.48 Å². The van der Waals surface area contributed by atoms with Gasteiger partial charge in [0.25, 0.3) is 5.56 Å². The first-order valence-corrected chi connectivity index (χ1v) is 10.5. The number of hydrogen-bond donors (Lipinski definition) is 0. The van der Waals surface area contributed by atoms with Crippen molar-refractivity contribution < 1.29 is 9.13 Å².